The highest BCUT2D eigenvalue weighted by atomic mass is 16.5. The van der Waals surface area contributed by atoms with Gasteiger partial charge < -0.3 is 14.1 Å². The summed E-state index contributed by atoms with van der Waals surface area (Å²) in [6.45, 7) is 4.51. The van der Waals surface area contributed by atoms with E-state index in [0.29, 0.717) is 29.5 Å². The van der Waals surface area contributed by atoms with Crippen molar-refractivity contribution in [2.45, 2.75) is 32.7 Å². The summed E-state index contributed by atoms with van der Waals surface area (Å²) in [6.07, 6.45) is 1.58. The van der Waals surface area contributed by atoms with Crippen LogP contribution in [0.25, 0.3) is 11.0 Å². The third-order valence-electron chi connectivity index (χ3n) is 6.63. The Hall–Kier alpha value is -3.86. The van der Waals surface area contributed by atoms with E-state index < -0.39 is 6.04 Å². The largest absolute Gasteiger partial charge is 0.497 e. The maximum atomic E-state index is 13.7. The lowest BCUT2D eigenvalue weighted by Crippen LogP contribution is -2.31. The Labute approximate surface area is 198 Å². The smallest absolute Gasteiger partial charge is 0.290 e. The topological polar surface area (TPSA) is 59.8 Å². The number of nitrogens with zero attached hydrogens (tertiary/aromatic N) is 1. The molecule has 1 unspecified atom stereocenters. The summed E-state index contributed by atoms with van der Waals surface area (Å²) in [4.78, 5) is 29.0. The van der Waals surface area contributed by atoms with E-state index in [2.05, 4.69) is 19.1 Å². The van der Waals surface area contributed by atoms with Gasteiger partial charge in [0.15, 0.2) is 5.43 Å². The number of ether oxygens (including phenoxy) is 1. The van der Waals surface area contributed by atoms with Crippen LogP contribution >= 0.6 is 0 Å². The van der Waals surface area contributed by atoms with Crippen LogP contribution in [0.15, 0.2) is 75.9 Å². The molecule has 4 aromatic rings. The first-order valence-corrected chi connectivity index (χ1v) is 11.6. The molecule has 172 valence electrons. The zero-order valence-corrected chi connectivity index (χ0v) is 19.6. The molecule has 0 bridgehead atoms. The summed E-state index contributed by atoms with van der Waals surface area (Å²) in [7, 11) is 1.64. The second-order valence-corrected chi connectivity index (χ2v) is 8.77. The normalized spacial score (nSPS) is 15.1. The van der Waals surface area contributed by atoms with Gasteiger partial charge >= 0.3 is 0 Å². The number of rotatable bonds is 6. The molecule has 0 aliphatic carbocycles. The number of hydrogen-bond acceptors (Lipinski definition) is 4. The molecule has 5 heteroatoms. The van der Waals surface area contributed by atoms with Gasteiger partial charge in [-0.05, 0) is 60.7 Å². The minimum atomic E-state index is -0.479. The lowest BCUT2D eigenvalue weighted by molar-refractivity contribution is 0.0730. The molecule has 0 radical (unpaired) electrons. The molecule has 1 atom stereocenters. The van der Waals surface area contributed by atoms with Gasteiger partial charge in [0.05, 0.1) is 24.1 Å². The van der Waals surface area contributed by atoms with E-state index in [1.54, 1.807) is 18.1 Å². The molecule has 1 amide bonds. The van der Waals surface area contributed by atoms with Crippen LogP contribution in [0.5, 0.6) is 5.75 Å². The average Bonchev–Trinajstić information content (AvgIpc) is 3.15. The number of hydrogen-bond donors (Lipinski definition) is 0. The predicted octanol–water partition coefficient (Wildman–Crippen LogP) is 5.46. The Morgan fingerprint density at radius 1 is 0.941 bits per heavy atom. The van der Waals surface area contributed by atoms with Gasteiger partial charge in [0.25, 0.3) is 5.91 Å². The highest BCUT2D eigenvalue weighted by Gasteiger charge is 2.42. The fourth-order valence-electron chi connectivity index (χ4n) is 4.69. The van der Waals surface area contributed by atoms with Crippen molar-refractivity contribution in [2.24, 2.45) is 0 Å². The molecule has 5 nitrogen and oxygen atoms in total. The second kappa shape index (κ2) is 8.82. The van der Waals surface area contributed by atoms with Crippen molar-refractivity contribution in [1.29, 1.82) is 0 Å². The second-order valence-electron chi connectivity index (χ2n) is 8.77. The van der Waals surface area contributed by atoms with Crippen LogP contribution in [-0.4, -0.2) is 24.5 Å². The van der Waals surface area contributed by atoms with Crippen LogP contribution in [0.3, 0.4) is 0 Å². The summed E-state index contributed by atoms with van der Waals surface area (Å²) < 4.78 is 11.3. The molecule has 3 aromatic carbocycles. The summed E-state index contributed by atoms with van der Waals surface area (Å²) in [5.74, 6) is 0.701. The van der Waals surface area contributed by atoms with Gasteiger partial charge in [-0.1, -0.05) is 55.0 Å². The number of carbonyl (C=O) groups is 1. The Bertz CT molecular complexity index is 1420. The maximum Gasteiger partial charge on any atom is 0.290 e. The number of benzene rings is 3. The monoisotopic (exact) mass is 453 g/mol. The summed E-state index contributed by atoms with van der Waals surface area (Å²) in [5, 5.41) is 0.513. The number of methoxy groups -OCH3 is 1. The number of fused-ring (bicyclic) bond motifs is 2. The molecule has 5 rings (SSSR count). The molecule has 0 N–H and O–H groups in total. The fourth-order valence-corrected chi connectivity index (χ4v) is 4.69. The molecule has 34 heavy (non-hydrogen) atoms. The van der Waals surface area contributed by atoms with E-state index in [4.69, 9.17) is 9.15 Å². The van der Waals surface area contributed by atoms with Crippen molar-refractivity contribution >= 4 is 16.9 Å². The predicted molar refractivity (Wildman–Crippen MR) is 133 cm³/mol. The van der Waals surface area contributed by atoms with Gasteiger partial charge in [-0.3, -0.25) is 9.59 Å². The van der Waals surface area contributed by atoms with Gasteiger partial charge in [-0.15, -0.1) is 0 Å². The zero-order valence-electron chi connectivity index (χ0n) is 19.6. The SMILES string of the molecule is CCc1ccc(C2c3c(oc4ccc(C)cc4c3=O)C(=O)N2CCc2ccc(OC)cc2)cc1. The Morgan fingerprint density at radius 3 is 2.32 bits per heavy atom. The van der Waals surface area contributed by atoms with Crippen LogP contribution in [-0.2, 0) is 12.8 Å². The van der Waals surface area contributed by atoms with Crippen LogP contribution in [0.2, 0.25) is 0 Å². The summed E-state index contributed by atoms with van der Waals surface area (Å²) in [5.41, 5.74) is 4.93. The highest BCUT2D eigenvalue weighted by Crippen LogP contribution is 2.38. The first-order valence-electron chi connectivity index (χ1n) is 11.6. The zero-order chi connectivity index (χ0) is 23.8. The minimum absolute atomic E-state index is 0.134. The fraction of sp³-hybridized carbons (Fsp3) is 0.241. The maximum absolute atomic E-state index is 13.7. The first kappa shape index (κ1) is 22.0. The van der Waals surface area contributed by atoms with Crippen LogP contribution in [0.4, 0.5) is 0 Å². The number of aryl methyl sites for hydroxylation is 2. The van der Waals surface area contributed by atoms with Gasteiger partial charge in [0.1, 0.15) is 11.3 Å². The number of amides is 1. The number of carbonyl (C=O) groups excluding carboxylic acids is 1. The van der Waals surface area contributed by atoms with E-state index in [0.717, 1.165) is 28.9 Å². The van der Waals surface area contributed by atoms with Crippen molar-refractivity contribution in [3.8, 4) is 5.75 Å². The van der Waals surface area contributed by atoms with Crippen LogP contribution < -0.4 is 10.2 Å². The molecular weight excluding hydrogens is 426 g/mol. The Morgan fingerprint density at radius 2 is 1.65 bits per heavy atom. The molecule has 1 aliphatic rings. The third kappa shape index (κ3) is 3.77. The van der Waals surface area contributed by atoms with Crippen molar-refractivity contribution in [3.05, 3.63) is 111 Å². The van der Waals surface area contributed by atoms with Crippen molar-refractivity contribution in [1.82, 2.24) is 4.90 Å². The molecule has 1 aromatic heterocycles. The molecule has 1 aliphatic heterocycles. The summed E-state index contributed by atoms with van der Waals surface area (Å²) >= 11 is 0. The van der Waals surface area contributed by atoms with Gasteiger partial charge in [0.2, 0.25) is 5.76 Å². The standard InChI is InChI=1S/C29H27NO4/c1-4-19-6-10-21(11-7-19)26-25-27(31)23-17-18(2)5-14-24(23)34-28(25)29(32)30(26)16-15-20-8-12-22(33-3)13-9-20/h5-14,17,26H,4,15-16H2,1-3H3. The molecule has 2 heterocycles. The van der Waals surface area contributed by atoms with Crippen LogP contribution in [0.1, 0.15) is 51.3 Å². The van der Waals surface area contributed by atoms with Crippen LogP contribution in [0, 0.1) is 6.92 Å². The molecular formula is C29H27NO4. The average molecular weight is 454 g/mol. The van der Waals surface area contributed by atoms with E-state index in [9.17, 15) is 9.59 Å². The Kier molecular flexibility index (Phi) is 5.70. The highest BCUT2D eigenvalue weighted by molar-refractivity contribution is 5.99. The molecule has 0 saturated carbocycles. The van der Waals surface area contributed by atoms with E-state index in [1.165, 1.54) is 5.56 Å². The molecule has 0 saturated heterocycles. The molecule has 0 fully saturated rings. The third-order valence-corrected chi connectivity index (χ3v) is 6.63. The van der Waals surface area contributed by atoms with E-state index in [-0.39, 0.29) is 17.1 Å². The lowest BCUT2D eigenvalue weighted by atomic mass is 9.96. The Balaban J connectivity index is 1.59. The quantitative estimate of drug-likeness (QED) is 0.389. The van der Waals surface area contributed by atoms with E-state index in [1.807, 2.05) is 55.5 Å². The lowest BCUT2D eigenvalue weighted by Gasteiger charge is -2.25. The van der Waals surface area contributed by atoms with Crippen molar-refractivity contribution < 1.29 is 13.9 Å². The van der Waals surface area contributed by atoms with Gasteiger partial charge in [-0.2, -0.15) is 0 Å². The van der Waals surface area contributed by atoms with Crippen molar-refractivity contribution in [3.63, 3.8) is 0 Å². The summed E-state index contributed by atoms with van der Waals surface area (Å²) in [6, 6.07) is 21.0. The van der Waals surface area contributed by atoms with Crippen molar-refractivity contribution in [2.75, 3.05) is 13.7 Å². The molecule has 0 spiro atoms. The van der Waals surface area contributed by atoms with E-state index >= 15 is 0 Å². The first-order chi connectivity index (χ1) is 16.5. The van der Waals surface area contributed by atoms with Gasteiger partial charge in [-0.25, -0.2) is 0 Å². The minimum Gasteiger partial charge on any atom is -0.497 e. The van der Waals surface area contributed by atoms with Gasteiger partial charge in [0, 0.05) is 6.54 Å².